The lowest BCUT2D eigenvalue weighted by Crippen LogP contribution is -2.36. The molecule has 1 aromatic heterocycles. The molecular weight excluding hydrogens is 468 g/mol. The monoisotopic (exact) mass is 490 g/mol. The van der Waals surface area contributed by atoms with Gasteiger partial charge in [-0.05, 0) is 73.7 Å². The number of halogens is 1. The highest BCUT2D eigenvalue weighted by molar-refractivity contribution is 6.30. The van der Waals surface area contributed by atoms with Gasteiger partial charge >= 0.3 is 6.03 Å². The first-order valence-electron chi connectivity index (χ1n) is 11.5. The average molecular weight is 491 g/mol. The van der Waals surface area contributed by atoms with E-state index in [-0.39, 0.29) is 35.1 Å². The number of phenols is 1. The number of fused-ring (bicyclic) bond motifs is 2. The number of carbonyl (C=O) groups excluding carboxylic acids is 2. The number of nitrogens with one attached hydrogen (secondary N) is 3. The van der Waals surface area contributed by atoms with Crippen LogP contribution in [0.3, 0.4) is 0 Å². The molecule has 0 bridgehead atoms. The summed E-state index contributed by atoms with van der Waals surface area (Å²) in [6.45, 7) is 1.89. The number of aromatic nitrogens is 1. The smallest absolute Gasteiger partial charge is 0.319 e. The number of benzene rings is 2. The summed E-state index contributed by atoms with van der Waals surface area (Å²) in [4.78, 5) is 28.6. The van der Waals surface area contributed by atoms with Gasteiger partial charge in [0, 0.05) is 40.4 Å². The van der Waals surface area contributed by atoms with Crippen LogP contribution in [0, 0.1) is 12.8 Å². The van der Waals surface area contributed by atoms with Gasteiger partial charge in [-0.25, -0.2) is 9.78 Å². The van der Waals surface area contributed by atoms with Crippen LogP contribution in [0.25, 0.3) is 0 Å². The Morgan fingerprint density at radius 3 is 2.89 bits per heavy atom. The molecule has 6 rings (SSSR count). The van der Waals surface area contributed by atoms with E-state index in [1.54, 1.807) is 42.6 Å². The topological polar surface area (TPSA) is 113 Å². The van der Waals surface area contributed by atoms with Gasteiger partial charge in [-0.3, -0.25) is 4.79 Å². The molecule has 0 saturated heterocycles. The third-order valence-corrected chi connectivity index (χ3v) is 7.36. The number of amides is 3. The van der Waals surface area contributed by atoms with E-state index in [2.05, 4.69) is 20.9 Å². The number of pyridine rings is 1. The summed E-state index contributed by atoms with van der Waals surface area (Å²) < 4.78 is 6.14. The largest absolute Gasteiger partial charge is 0.508 e. The van der Waals surface area contributed by atoms with E-state index in [4.69, 9.17) is 16.3 Å². The van der Waals surface area contributed by atoms with E-state index in [0.717, 1.165) is 23.1 Å². The predicted molar refractivity (Wildman–Crippen MR) is 131 cm³/mol. The molecule has 3 amide bonds. The third-order valence-electron chi connectivity index (χ3n) is 7.12. The summed E-state index contributed by atoms with van der Waals surface area (Å²) >= 11 is 6.00. The number of carbonyl (C=O) groups is 2. The summed E-state index contributed by atoms with van der Waals surface area (Å²) in [5, 5.41) is 19.9. The fourth-order valence-corrected chi connectivity index (χ4v) is 5.31. The van der Waals surface area contributed by atoms with Crippen molar-refractivity contribution >= 4 is 35.0 Å². The minimum absolute atomic E-state index is 0.0220. The molecule has 1 aliphatic heterocycles. The molecule has 2 aromatic carbocycles. The number of nitrogens with zero attached hydrogens (tertiary/aromatic N) is 1. The number of rotatable bonds is 5. The molecule has 0 spiro atoms. The molecule has 3 aliphatic rings. The second-order valence-corrected chi connectivity index (χ2v) is 9.81. The standard InChI is InChI=1S/C26H23ClN4O4/c1-13-10-14(27)2-5-19(13)29-25(34)31-26-12-18(26)23(26)17-11-15(3-6-20(17)32)35-21-8-9-28-24-16(21)4-7-22(33)30-24/h2-3,5-6,8-11,18,23,32H,4,7,12H2,1H3,(H,28,30,33)(H2,29,31,34). The molecule has 178 valence electrons. The Labute approximate surface area is 206 Å². The van der Waals surface area contributed by atoms with Crippen molar-refractivity contribution in [2.75, 3.05) is 10.6 Å². The SMILES string of the molecule is Cc1cc(Cl)ccc1NC(=O)NC12CC1C2c1cc(Oc2ccnc3c2CCC(=O)N3)ccc1O. The van der Waals surface area contributed by atoms with E-state index in [0.29, 0.717) is 40.9 Å². The maximum Gasteiger partial charge on any atom is 0.319 e. The molecular formula is C26H23ClN4O4. The molecule has 8 nitrogen and oxygen atoms in total. The average Bonchev–Trinajstić information content (AvgIpc) is 3.67. The molecule has 2 heterocycles. The number of aromatic hydroxyl groups is 1. The fraction of sp³-hybridized carbons (Fsp3) is 0.269. The van der Waals surface area contributed by atoms with Crippen molar-refractivity contribution in [3.8, 4) is 17.2 Å². The van der Waals surface area contributed by atoms with Crippen LogP contribution >= 0.6 is 11.6 Å². The van der Waals surface area contributed by atoms with Crippen LogP contribution in [0.4, 0.5) is 16.3 Å². The van der Waals surface area contributed by atoms with Crippen molar-refractivity contribution in [1.29, 1.82) is 0 Å². The van der Waals surface area contributed by atoms with Gasteiger partial charge in [0.2, 0.25) is 5.91 Å². The molecule has 2 aliphatic carbocycles. The van der Waals surface area contributed by atoms with Gasteiger partial charge < -0.3 is 25.8 Å². The van der Waals surface area contributed by atoms with Gasteiger partial charge in [0.15, 0.2) is 0 Å². The summed E-state index contributed by atoms with van der Waals surface area (Å²) in [6.07, 6.45) is 3.39. The van der Waals surface area contributed by atoms with E-state index in [9.17, 15) is 14.7 Å². The Kier molecular flexibility index (Phi) is 4.89. The Bertz CT molecular complexity index is 1390. The first kappa shape index (κ1) is 21.7. The van der Waals surface area contributed by atoms with Crippen molar-refractivity contribution in [1.82, 2.24) is 10.3 Å². The van der Waals surface area contributed by atoms with Gasteiger partial charge in [-0.15, -0.1) is 0 Å². The van der Waals surface area contributed by atoms with Crippen molar-refractivity contribution in [2.24, 2.45) is 5.92 Å². The zero-order valence-corrected chi connectivity index (χ0v) is 19.6. The zero-order chi connectivity index (χ0) is 24.3. The van der Waals surface area contributed by atoms with Gasteiger partial charge in [0.25, 0.3) is 0 Å². The molecule has 3 unspecified atom stereocenters. The lowest BCUT2D eigenvalue weighted by Gasteiger charge is -2.20. The number of ether oxygens (including phenoxy) is 1. The quantitative estimate of drug-likeness (QED) is 0.397. The lowest BCUT2D eigenvalue weighted by molar-refractivity contribution is -0.116. The maximum atomic E-state index is 12.7. The second-order valence-electron chi connectivity index (χ2n) is 9.37. The van der Waals surface area contributed by atoms with Crippen molar-refractivity contribution < 1.29 is 19.4 Å². The van der Waals surface area contributed by atoms with Crippen LogP contribution in [0.15, 0.2) is 48.7 Å². The Morgan fingerprint density at radius 1 is 1.23 bits per heavy atom. The number of urea groups is 1. The summed E-state index contributed by atoms with van der Waals surface area (Å²) in [6, 6.07) is 11.9. The van der Waals surface area contributed by atoms with Gasteiger partial charge in [-0.1, -0.05) is 11.6 Å². The number of anilines is 2. The van der Waals surface area contributed by atoms with E-state index in [1.807, 2.05) is 13.0 Å². The van der Waals surface area contributed by atoms with Crippen LogP contribution < -0.4 is 20.7 Å². The Morgan fingerprint density at radius 2 is 2.09 bits per heavy atom. The number of hydrogen-bond donors (Lipinski definition) is 4. The highest BCUT2D eigenvalue weighted by Crippen LogP contribution is 2.77. The predicted octanol–water partition coefficient (Wildman–Crippen LogP) is 5.10. The first-order valence-corrected chi connectivity index (χ1v) is 11.9. The van der Waals surface area contributed by atoms with Crippen LogP contribution in [0.2, 0.25) is 5.02 Å². The Hall–Kier alpha value is -3.78. The van der Waals surface area contributed by atoms with Crippen molar-refractivity contribution in [3.63, 3.8) is 0 Å². The van der Waals surface area contributed by atoms with Crippen molar-refractivity contribution in [3.05, 3.63) is 70.4 Å². The minimum Gasteiger partial charge on any atom is -0.508 e. The molecule has 2 saturated carbocycles. The number of phenolic OH excluding ortho intramolecular Hbond substituents is 1. The van der Waals surface area contributed by atoms with Gasteiger partial charge in [0.05, 0.1) is 5.54 Å². The highest BCUT2D eigenvalue weighted by atomic mass is 35.5. The second kappa shape index (κ2) is 7.88. The van der Waals surface area contributed by atoms with E-state index < -0.39 is 0 Å². The zero-order valence-electron chi connectivity index (χ0n) is 18.9. The molecule has 35 heavy (non-hydrogen) atoms. The molecule has 0 radical (unpaired) electrons. The molecule has 3 atom stereocenters. The first-order chi connectivity index (χ1) is 16.8. The summed E-state index contributed by atoms with van der Waals surface area (Å²) in [5.74, 6) is 2.14. The summed E-state index contributed by atoms with van der Waals surface area (Å²) in [5.41, 5.74) is 2.83. The minimum atomic E-state index is -0.347. The summed E-state index contributed by atoms with van der Waals surface area (Å²) in [7, 11) is 0. The lowest BCUT2D eigenvalue weighted by atomic mass is 9.99. The van der Waals surface area contributed by atoms with Crippen molar-refractivity contribution in [2.45, 2.75) is 37.6 Å². The normalized spacial score (nSPS) is 23.4. The molecule has 4 N–H and O–H groups in total. The highest BCUT2D eigenvalue weighted by Gasteiger charge is 2.80. The van der Waals surface area contributed by atoms with Crippen LogP contribution in [-0.4, -0.2) is 27.6 Å². The van der Waals surface area contributed by atoms with Crippen LogP contribution in [-0.2, 0) is 11.2 Å². The third kappa shape index (κ3) is 3.83. The molecule has 3 aromatic rings. The number of hydrogen-bond acceptors (Lipinski definition) is 5. The number of aryl methyl sites for hydroxylation is 1. The molecule has 9 heteroatoms. The van der Waals surface area contributed by atoms with Crippen LogP contribution in [0.1, 0.15) is 35.4 Å². The maximum absolute atomic E-state index is 12.7. The Balaban J connectivity index is 1.17. The molecule has 2 fully saturated rings. The fourth-order valence-electron chi connectivity index (χ4n) is 5.08. The van der Waals surface area contributed by atoms with E-state index in [1.165, 1.54) is 0 Å². The van der Waals surface area contributed by atoms with E-state index >= 15 is 0 Å². The van der Waals surface area contributed by atoms with Crippen LogP contribution in [0.5, 0.6) is 17.2 Å². The van der Waals surface area contributed by atoms with Gasteiger partial charge in [0.1, 0.15) is 23.1 Å². The van der Waals surface area contributed by atoms with Gasteiger partial charge in [-0.2, -0.15) is 0 Å².